The average Bonchev–Trinajstić information content (AvgIpc) is 2.22. The Morgan fingerprint density at radius 3 is 1.79 bits per heavy atom. The largest absolute Gasteiger partial charge is 0.406 e. The highest BCUT2D eigenvalue weighted by atomic mass is 28.3. The van der Waals surface area contributed by atoms with Crippen LogP contribution in [-0.4, -0.2) is 23.5 Å². The van der Waals surface area contributed by atoms with Gasteiger partial charge < -0.3 is 8.85 Å². The van der Waals surface area contributed by atoms with E-state index in [9.17, 15) is 0 Å². The third kappa shape index (κ3) is 6.43. The fourth-order valence-corrected chi connectivity index (χ4v) is 1.23. The van der Waals surface area contributed by atoms with Crippen molar-refractivity contribution in [2.75, 3.05) is 14.2 Å². The van der Waals surface area contributed by atoms with Gasteiger partial charge in [-0.2, -0.15) is 0 Å². The minimum absolute atomic E-state index is 1.32. The maximum atomic E-state index is 4.96. The van der Waals surface area contributed by atoms with Crippen molar-refractivity contribution in [2.45, 2.75) is 6.92 Å². The Balaban J connectivity index is 0.000000241. The van der Waals surface area contributed by atoms with Crippen LogP contribution in [0.2, 0.25) is 0 Å². The molecule has 0 aliphatic rings. The van der Waals surface area contributed by atoms with Crippen molar-refractivity contribution in [1.82, 2.24) is 0 Å². The first kappa shape index (κ1) is 12.9. The highest BCUT2D eigenvalue weighted by Crippen LogP contribution is 1.92. The maximum Gasteiger partial charge on any atom is 0.406 e. The van der Waals surface area contributed by atoms with Gasteiger partial charge in [0.15, 0.2) is 0 Å². The van der Waals surface area contributed by atoms with Gasteiger partial charge in [0.05, 0.1) is 0 Å². The quantitative estimate of drug-likeness (QED) is 0.544. The Kier molecular flexibility index (Phi) is 7.85. The molecular weight excluding hydrogens is 192 g/mol. The molecule has 0 aromatic heterocycles. The summed E-state index contributed by atoms with van der Waals surface area (Å²) < 4.78 is 9.46. The second-order valence-corrected chi connectivity index (χ2v) is 4.56. The molecule has 3 heteroatoms. The van der Waals surface area contributed by atoms with E-state index in [1.807, 2.05) is 18.2 Å². The molecular formula is C11H16O2Si. The summed E-state index contributed by atoms with van der Waals surface area (Å²) >= 11 is 0. The van der Waals surface area contributed by atoms with E-state index in [1.54, 1.807) is 14.2 Å². The molecule has 0 fully saturated rings. The molecule has 2 nitrogen and oxygen atoms in total. The lowest BCUT2D eigenvalue weighted by Gasteiger charge is -1.99. The molecule has 0 saturated heterocycles. The minimum Gasteiger partial charge on any atom is -0.391 e. The summed E-state index contributed by atoms with van der Waals surface area (Å²) in [5.74, 6) is 0. The van der Waals surface area contributed by atoms with E-state index >= 15 is 0 Å². The smallest absolute Gasteiger partial charge is 0.391 e. The minimum atomic E-state index is -1.64. The molecule has 0 amide bonds. The van der Waals surface area contributed by atoms with Crippen molar-refractivity contribution in [3.8, 4) is 12.0 Å². The van der Waals surface area contributed by atoms with Gasteiger partial charge in [-0.15, -0.1) is 6.42 Å². The lowest BCUT2D eigenvalue weighted by molar-refractivity contribution is 0.293. The maximum absolute atomic E-state index is 4.96. The van der Waals surface area contributed by atoms with Crippen molar-refractivity contribution in [2.24, 2.45) is 0 Å². The number of aryl methyl sites for hydroxylation is 1. The monoisotopic (exact) mass is 208 g/mol. The second-order valence-electron chi connectivity index (χ2n) is 2.62. The van der Waals surface area contributed by atoms with Crippen LogP contribution in [0.25, 0.3) is 0 Å². The molecule has 14 heavy (non-hydrogen) atoms. The lowest BCUT2D eigenvalue weighted by Crippen LogP contribution is -2.15. The molecule has 0 N–H and O–H groups in total. The van der Waals surface area contributed by atoms with Crippen molar-refractivity contribution in [3.63, 3.8) is 0 Å². The summed E-state index contributed by atoms with van der Waals surface area (Å²) in [7, 11) is 1.47. The highest BCUT2D eigenvalue weighted by molar-refractivity contribution is 6.54. The van der Waals surface area contributed by atoms with Crippen molar-refractivity contribution in [1.29, 1.82) is 0 Å². The Labute approximate surface area is 87.7 Å². The molecule has 1 aromatic carbocycles. The molecule has 0 unspecified atom stereocenters. The van der Waals surface area contributed by atoms with Crippen molar-refractivity contribution in [3.05, 3.63) is 35.9 Å². The summed E-state index contributed by atoms with van der Waals surface area (Å²) in [6.07, 6.45) is 4.96. The third-order valence-corrected chi connectivity index (χ3v) is 2.63. The van der Waals surface area contributed by atoms with E-state index in [0.717, 1.165) is 0 Å². The molecule has 1 aromatic rings. The van der Waals surface area contributed by atoms with Gasteiger partial charge in [0, 0.05) is 14.2 Å². The molecule has 0 radical (unpaired) electrons. The van der Waals surface area contributed by atoms with Crippen LogP contribution in [0.3, 0.4) is 0 Å². The number of benzene rings is 1. The molecule has 0 spiro atoms. The van der Waals surface area contributed by atoms with Gasteiger partial charge in [-0.05, 0) is 6.92 Å². The van der Waals surface area contributed by atoms with E-state index in [4.69, 9.17) is 15.3 Å². The van der Waals surface area contributed by atoms with Crippen LogP contribution in [-0.2, 0) is 8.85 Å². The highest BCUT2D eigenvalue weighted by Gasteiger charge is 2.00. The SMILES string of the molecule is C#C[SiH](OC)OC.Cc1ccccc1. The zero-order chi connectivity index (χ0) is 10.8. The summed E-state index contributed by atoms with van der Waals surface area (Å²) in [6, 6.07) is 10.3. The number of hydrogen-bond acceptors (Lipinski definition) is 2. The zero-order valence-electron chi connectivity index (χ0n) is 8.86. The van der Waals surface area contributed by atoms with E-state index in [0.29, 0.717) is 0 Å². The van der Waals surface area contributed by atoms with E-state index in [-0.39, 0.29) is 0 Å². The summed E-state index contributed by atoms with van der Waals surface area (Å²) in [5.41, 5.74) is 3.72. The number of hydrogen-bond donors (Lipinski definition) is 0. The van der Waals surface area contributed by atoms with Crippen molar-refractivity contribution < 1.29 is 8.85 Å². The Hall–Kier alpha value is -1.08. The summed E-state index contributed by atoms with van der Waals surface area (Å²) in [5, 5.41) is 0. The first-order valence-corrected chi connectivity index (χ1v) is 5.80. The van der Waals surface area contributed by atoms with Crippen LogP contribution >= 0.6 is 0 Å². The van der Waals surface area contributed by atoms with Crippen LogP contribution in [0.5, 0.6) is 0 Å². The van der Waals surface area contributed by atoms with E-state index in [1.165, 1.54) is 5.56 Å². The second kappa shape index (κ2) is 8.51. The Morgan fingerprint density at radius 2 is 1.64 bits per heavy atom. The first-order chi connectivity index (χ1) is 6.74. The molecule has 0 bridgehead atoms. The van der Waals surface area contributed by atoms with Gasteiger partial charge in [0.1, 0.15) is 0 Å². The predicted octanol–water partition coefficient (Wildman–Crippen LogP) is 1.67. The third-order valence-electron chi connectivity index (χ3n) is 1.50. The lowest BCUT2D eigenvalue weighted by atomic mass is 10.2. The topological polar surface area (TPSA) is 18.5 Å². The van der Waals surface area contributed by atoms with Gasteiger partial charge in [-0.1, -0.05) is 41.4 Å². The molecule has 0 heterocycles. The van der Waals surface area contributed by atoms with Crippen molar-refractivity contribution >= 4 is 9.28 Å². The van der Waals surface area contributed by atoms with Crippen LogP contribution < -0.4 is 0 Å². The van der Waals surface area contributed by atoms with Crippen LogP contribution in [0.4, 0.5) is 0 Å². The van der Waals surface area contributed by atoms with E-state index < -0.39 is 9.28 Å². The van der Waals surface area contributed by atoms with Gasteiger partial charge in [0.25, 0.3) is 0 Å². The Bertz CT molecular complexity index is 262. The standard InChI is InChI=1S/C7H8.C4H8O2Si/c1-7-5-3-2-4-6-7;1-4-7(5-2)6-3/h2-6H,1H3;1,7H,2-3H3. The summed E-state index contributed by atoms with van der Waals surface area (Å²) in [6.45, 7) is 2.08. The molecule has 0 aliphatic heterocycles. The van der Waals surface area contributed by atoms with Gasteiger partial charge in [-0.25, -0.2) is 0 Å². The molecule has 1 rings (SSSR count). The van der Waals surface area contributed by atoms with Gasteiger partial charge in [-0.3, -0.25) is 0 Å². The van der Waals surface area contributed by atoms with Crippen LogP contribution in [0.15, 0.2) is 30.3 Å². The normalized spacial score (nSPS) is 8.79. The fraction of sp³-hybridized carbons (Fsp3) is 0.273. The molecule has 76 valence electrons. The average molecular weight is 208 g/mol. The van der Waals surface area contributed by atoms with E-state index in [2.05, 4.69) is 24.6 Å². The molecule has 0 saturated carbocycles. The molecule has 0 aliphatic carbocycles. The number of terminal acetylenes is 1. The zero-order valence-corrected chi connectivity index (χ0v) is 10.0. The van der Waals surface area contributed by atoms with Crippen LogP contribution in [0, 0.1) is 18.9 Å². The predicted molar refractivity (Wildman–Crippen MR) is 61.2 cm³/mol. The summed E-state index contributed by atoms with van der Waals surface area (Å²) in [4.78, 5) is 0. The van der Waals surface area contributed by atoms with Crippen LogP contribution in [0.1, 0.15) is 5.56 Å². The first-order valence-electron chi connectivity index (χ1n) is 4.28. The fourth-order valence-electron chi connectivity index (χ4n) is 0.767. The molecule has 0 atom stereocenters. The number of rotatable bonds is 2. The Morgan fingerprint density at radius 1 is 1.14 bits per heavy atom. The van der Waals surface area contributed by atoms with Gasteiger partial charge >= 0.3 is 9.28 Å². The van der Waals surface area contributed by atoms with Gasteiger partial charge in [0.2, 0.25) is 0 Å².